The molecule has 0 aromatic carbocycles. The third-order valence-electron chi connectivity index (χ3n) is 3.58. The van der Waals surface area contributed by atoms with Gasteiger partial charge in [-0.05, 0) is 25.6 Å². The van der Waals surface area contributed by atoms with Gasteiger partial charge in [0.05, 0.1) is 7.11 Å². The molecule has 6 heteroatoms. The molecule has 0 aliphatic carbocycles. The molecule has 132 valence electrons. The summed E-state index contributed by atoms with van der Waals surface area (Å²) in [6.07, 6.45) is 5.05. The van der Waals surface area contributed by atoms with Crippen molar-refractivity contribution < 1.29 is 19.1 Å². The molecule has 1 aromatic rings. The van der Waals surface area contributed by atoms with Crippen molar-refractivity contribution in [3.05, 3.63) is 52.5 Å². The second-order valence-electron chi connectivity index (χ2n) is 5.87. The van der Waals surface area contributed by atoms with Crippen LogP contribution in [0.3, 0.4) is 0 Å². The van der Waals surface area contributed by atoms with Gasteiger partial charge in [-0.3, -0.25) is 4.79 Å². The first kappa shape index (κ1) is 19.5. The molecule has 0 radical (unpaired) electrons. The predicted octanol–water partition coefficient (Wildman–Crippen LogP) is 3.29. The Morgan fingerprint density at radius 1 is 1.46 bits per heavy atom. The number of nitrogens with one attached hydrogen (secondary N) is 1. The number of methoxy groups -OCH3 is 1. The van der Waals surface area contributed by atoms with Crippen molar-refractivity contribution in [3.8, 4) is 5.75 Å². The van der Waals surface area contributed by atoms with Crippen molar-refractivity contribution in [2.45, 2.75) is 39.5 Å². The number of carbonyl (C=O) groups is 1. The smallest absolute Gasteiger partial charge is 0.350 e. The van der Waals surface area contributed by atoms with Gasteiger partial charge in [0.25, 0.3) is 0 Å². The highest BCUT2D eigenvalue weighted by molar-refractivity contribution is 5.99. The predicted molar refractivity (Wildman–Crippen MR) is 91.9 cm³/mol. The summed E-state index contributed by atoms with van der Waals surface area (Å²) in [7, 11) is 1.52. The van der Waals surface area contributed by atoms with E-state index in [1.54, 1.807) is 20.0 Å². The number of carbonyl (C=O) groups excluding carboxylic acids is 1. The van der Waals surface area contributed by atoms with Crippen LogP contribution in [0, 0.1) is 5.92 Å². The summed E-state index contributed by atoms with van der Waals surface area (Å²) >= 11 is 0. The number of hydrogen-bond donors (Lipinski definition) is 2. The van der Waals surface area contributed by atoms with E-state index in [9.17, 15) is 14.7 Å². The zero-order chi connectivity index (χ0) is 18.3. The topological polar surface area (TPSA) is 88.8 Å². The zero-order valence-electron chi connectivity index (χ0n) is 14.6. The second-order valence-corrected chi connectivity index (χ2v) is 5.87. The first-order chi connectivity index (χ1) is 11.3. The van der Waals surface area contributed by atoms with E-state index in [1.807, 2.05) is 13.0 Å². The number of Topliss-reactive ketones (excluding diaryl/α,β-unsaturated/α-hetero) is 1. The van der Waals surface area contributed by atoms with Crippen LogP contribution in [0.25, 0.3) is 0 Å². The molecule has 1 atom stereocenters. The van der Waals surface area contributed by atoms with Crippen LogP contribution in [0.2, 0.25) is 0 Å². The fourth-order valence-corrected chi connectivity index (χ4v) is 2.04. The lowest BCUT2D eigenvalue weighted by atomic mass is 9.99. The van der Waals surface area contributed by atoms with Gasteiger partial charge in [-0.15, -0.1) is 0 Å². The fourth-order valence-electron chi connectivity index (χ4n) is 2.04. The molecule has 0 saturated carbocycles. The van der Waals surface area contributed by atoms with Crippen molar-refractivity contribution >= 4 is 5.78 Å². The number of ketones is 1. The number of aromatic hydroxyl groups is 1. The average molecular weight is 335 g/mol. The molecular weight excluding hydrogens is 310 g/mol. The standard InChI is InChI=1S/C18H25NO5/c1-11(2)17(21)16-14(20)10-15(24-18(16)22)12(3)8-6-7-9-19-13(4)23-5/h7,9-12,19-20H,4,6,8H2,1-3,5H3/b9-7+. The molecule has 0 aliphatic heterocycles. The lowest BCUT2D eigenvalue weighted by Crippen LogP contribution is -2.19. The van der Waals surface area contributed by atoms with Crippen molar-refractivity contribution in [1.29, 1.82) is 0 Å². The van der Waals surface area contributed by atoms with E-state index in [-0.39, 0.29) is 23.1 Å². The molecule has 0 bridgehead atoms. The lowest BCUT2D eigenvalue weighted by Gasteiger charge is -2.11. The highest BCUT2D eigenvalue weighted by Crippen LogP contribution is 2.25. The van der Waals surface area contributed by atoms with E-state index >= 15 is 0 Å². The monoisotopic (exact) mass is 335 g/mol. The van der Waals surface area contributed by atoms with Crippen molar-refractivity contribution in [2.75, 3.05) is 7.11 Å². The number of rotatable bonds is 9. The van der Waals surface area contributed by atoms with Crippen molar-refractivity contribution in [3.63, 3.8) is 0 Å². The first-order valence-electron chi connectivity index (χ1n) is 7.83. The van der Waals surface area contributed by atoms with E-state index in [1.165, 1.54) is 13.2 Å². The highest BCUT2D eigenvalue weighted by atomic mass is 16.5. The number of hydrogen-bond acceptors (Lipinski definition) is 6. The van der Waals surface area contributed by atoms with Crippen LogP contribution in [0.15, 0.2) is 40.0 Å². The van der Waals surface area contributed by atoms with Crippen LogP contribution in [0.1, 0.15) is 55.6 Å². The van der Waals surface area contributed by atoms with Crippen LogP contribution in [0.4, 0.5) is 0 Å². The summed E-state index contributed by atoms with van der Waals surface area (Å²) in [6.45, 7) is 8.83. The Morgan fingerprint density at radius 3 is 2.67 bits per heavy atom. The Labute approximate surface area is 141 Å². The molecule has 1 rings (SSSR count). The lowest BCUT2D eigenvalue weighted by molar-refractivity contribution is 0.0931. The SMILES string of the molecule is C=C(N/C=C/CCC(C)c1cc(O)c(C(=O)C(C)C)c(=O)o1)OC. The average Bonchev–Trinajstić information content (AvgIpc) is 2.52. The summed E-state index contributed by atoms with van der Waals surface area (Å²) < 4.78 is 10.1. The molecule has 1 unspecified atom stereocenters. The maximum Gasteiger partial charge on any atom is 0.350 e. The van der Waals surface area contributed by atoms with Gasteiger partial charge in [-0.1, -0.05) is 26.8 Å². The van der Waals surface area contributed by atoms with Gasteiger partial charge in [0, 0.05) is 17.9 Å². The first-order valence-corrected chi connectivity index (χ1v) is 7.83. The van der Waals surface area contributed by atoms with E-state index in [0.29, 0.717) is 18.1 Å². The number of allylic oxidation sites excluding steroid dienone is 1. The molecule has 0 fully saturated rings. The van der Waals surface area contributed by atoms with Gasteiger partial charge in [0.1, 0.15) is 17.1 Å². The number of ether oxygens (including phenoxy) is 1. The third kappa shape index (κ3) is 5.30. The van der Waals surface area contributed by atoms with Gasteiger partial charge in [-0.25, -0.2) is 4.79 Å². The Balaban J connectivity index is 2.76. The molecule has 0 amide bonds. The van der Waals surface area contributed by atoms with Crippen LogP contribution < -0.4 is 10.9 Å². The summed E-state index contributed by atoms with van der Waals surface area (Å²) in [5.41, 5.74) is -1.06. The van der Waals surface area contributed by atoms with Gasteiger partial charge in [0.2, 0.25) is 0 Å². The van der Waals surface area contributed by atoms with Gasteiger partial charge in [-0.2, -0.15) is 0 Å². The minimum Gasteiger partial charge on any atom is -0.507 e. The molecule has 1 aromatic heterocycles. The largest absolute Gasteiger partial charge is 0.507 e. The Bertz CT molecular complexity index is 672. The minimum atomic E-state index is -0.788. The zero-order valence-corrected chi connectivity index (χ0v) is 14.6. The molecule has 24 heavy (non-hydrogen) atoms. The molecule has 0 saturated heterocycles. The molecule has 0 spiro atoms. The summed E-state index contributed by atoms with van der Waals surface area (Å²) in [4.78, 5) is 23.9. The summed E-state index contributed by atoms with van der Waals surface area (Å²) in [5.74, 6) is -0.405. The van der Waals surface area contributed by atoms with E-state index in [0.717, 1.165) is 6.42 Å². The molecular formula is C18H25NO5. The van der Waals surface area contributed by atoms with Crippen LogP contribution >= 0.6 is 0 Å². The van der Waals surface area contributed by atoms with Gasteiger partial charge >= 0.3 is 5.63 Å². The second kappa shape index (κ2) is 8.96. The van der Waals surface area contributed by atoms with Crippen LogP contribution in [-0.2, 0) is 4.74 Å². The Hall–Kier alpha value is -2.50. The minimum absolute atomic E-state index is 0.0814. The van der Waals surface area contributed by atoms with Crippen molar-refractivity contribution in [2.24, 2.45) is 5.92 Å². The summed E-state index contributed by atoms with van der Waals surface area (Å²) in [5, 5.41) is 12.9. The quantitative estimate of drug-likeness (QED) is 0.532. The maximum atomic E-state index is 12.0. The van der Waals surface area contributed by atoms with Gasteiger partial charge < -0.3 is 19.6 Å². The van der Waals surface area contributed by atoms with Gasteiger partial charge in [0.15, 0.2) is 11.7 Å². The third-order valence-corrected chi connectivity index (χ3v) is 3.58. The normalized spacial score (nSPS) is 12.4. The maximum absolute atomic E-state index is 12.0. The molecule has 1 heterocycles. The Kier molecular flexibility index (Phi) is 7.30. The van der Waals surface area contributed by atoms with E-state index in [4.69, 9.17) is 9.15 Å². The summed E-state index contributed by atoms with van der Waals surface area (Å²) in [6, 6.07) is 1.36. The highest BCUT2D eigenvalue weighted by Gasteiger charge is 2.22. The van der Waals surface area contributed by atoms with Crippen LogP contribution in [-0.4, -0.2) is 18.0 Å². The van der Waals surface area contributed by atoms with E-state index in [2.05, 4.69) is 11.9 Å². The van der Waals surface area contributed by atoms with E-state index < -0.39 is 11.4 Å². The van der Waals surface area contributed by atoms with Crippen LogP contribution in [0.5, 0.6) is 5.75 Å². The fraction of sp³-hybridized carbons (Fsp3) is 0.444. The molecule has 2 N–H and O–H groups in total. The molecule has 6 nitrogen and oxygen atoms in total. The Morgan fingerprint density at radius 2 is 2.12 bits per heavy atom. The molecule has 0 aliphatic rings. The van der Waals surface area contributed by atoms with Crippen molar-refractivity contribution in [1.82, 2.24) is 5.32 Å².